The second-order valence-electron chi connectivity index (χ2n) is 7.09. The Morgan fingerprint density at radius 3 is 2.38 bits per heavy atom. The Morgan fingerprint density at radius 2 is 1.88 bits per heavy atom. The first-order valence-electron chi connectivity index (χ1n) is 6.61. The number of nitrogens with one attached hydrogen (secondary N) is 1. The summed E-state index contributed by atoms with van der Waals surface area (Å²) in [5.74, 6) is 0.716. The molecule has 1 aliphatic heterocycles. The van der Waals surface area contributed by atoms with Crippen LogP contribution in [0.4, 0.5) is 0 Å². The zero-order valence-corrected chi connectivity index (χ0v) is 11.7. The van der Waals surface area contributed by atoms with Gasteiger partial charge in [-0.2, -0.15) is 0 Å². The summed E-state index contributed by atoms with van der Waals surface area (Å²) in [6.45, 7) is 14.5. The Hall–Kier alpha value is -0.0800. The maximum absolute atomic E-state index is 5.51. The predicted molar refractivity (Wildman–Crippen MR) is 69.7 cm³/mol. The molecule has 1 N–H and O–H groups in total. The number of hydrogen-bond donors (Lipinski definition) is 1. The fourth-order valence-corrected chi connectivity index (χ4v) is 2.78. The van der Waals surface area contributed by atoms with Gasteiger partial charge in [-0.3, -0.25) is 0 Å². The highest BCUT2D eigenvalue weighted by Crippen LogP contribution is 2.27. The molecule has 1 unspecified atom stereocenters. The standard InChI is InChI=1S/C14H29NO/c1-13(2,3)11-14(4,5)15-9-12-7-6-8-16-10-12/h12,15H,6-11H2,1-5H3. The van der Waals surface area contributed by atoms with Crippen LogP contribution in [0.15, 0.2) is 0 Å². The molecule has 1 atom stereocenters. The fraction of sp³-hybridized carbons (Fsp3) is 1.00. The third kappa shape index (κ3) is 5.86. The minimum atomic E-state index is 0.232. The summed E-state index contributed by atoms with van der Waals surface area (Å²) in [6, 6.07) is 0. The van der Waals surface area contributed by atoms with Crippen molar-refractivity contribution >= 4 is 0 Å². The van der Waals surface area contributed by atoms with Gasteiger partial charge in [0.15, 0.2) is 0 Å². The van der Waals surface area contributed by atoms with E-state index < -0.39 is 0 Å². The normalized spacial score (nSPS) is 23.4. The fourth-order valence-electron chi connectivity index (χ4n) is 2.78. The lowest BCUT2D eigenvalue weighted by Gasteiger charge is -2.35. The average molecular weight is 227 g/mol. The Kier molecular flexibility index (Phi) is 4.81. The van der Waals surface area contributed by atoms with Crippen LogP contribution in [-0.2, 0) is 4.74 Å². The van der Waals surface area contributed by atoms with E-state index in [2.05, 4.69) is 39.9 Å². The van der Waals surface area contributed by atoms with E-state index in [4.69, 9.17) is 4.74 Å². The molecule has 16 heavy (non-hydrogen) atoms. The van der Waals surface area contributed by atoms with Gasteiger partial charge >= 0.3 is 0 Å². The minimum Gasteiger partial charge on any atom is -0.381 e. The summed E-state index contributed by atoms with van der Waals surface area (Å²) in [5, 5.41) is 3.71. The first-order chi connectivity index (χ1) is 7.29. The van der Waals surface area contributed by atoms with Gasteiger partial charge in [0.1, 0.15) is 0 Å². The lowest BCUT2D eigenvalue weighted by molar-refractivity contribution is 0.0509. The molecule has 0 aromatic carbocycles. The molecule has 0 aromatic rings. The molecule has 2 heteroatoms. The van der Waals surface area contributed by atoms with E-state index in [1.807, 2.05) is 0 Å². The summed E-state index contributed by atoms with van der Waals surface area (Å²) in [6.07, 6.45) is 3.75. The smallest absolute Gasteiger partial charge is 0.0506 e. The maximum Gasteiger partial charge on any atom is 0.0506 e. The highest BCUT2D eigenvalue weighted by Gasteiger charge is 2.26. The summed E-state index contributed by atoms with van der Waals surface area (Å²) in [4.78, 5) is 0. The quantitative estimate of drug-likeness (QED) is 0.796. The Bertz CT molecular complexity index is 199. The molecule has 0 aliphatic carbocycles. The van der Waals surface area contributed by atoms with Crippen molar-refractivity contribution in [2.24, 2.45) is 11.3 Å². The third-order valence-electron chi connectivity index (χ3n) is 3.10. The second-order valence-corrected chi connectivity index (χ2v) is 7.09. The van der Waals surface area contributed by atoms with Crippen LogP contribution >= 0.6 is 0 Å². The van der Waals surface area contributed by atoms with Crippen molar-refractivity contribution in [1.82, 2.24) is 5.32 Å². The molecule has 1 heterocycles. The van der Waals surface area contributed by atoms with Crippen LogP contribution < -0.4 is 5.32 Å². The van der Waals surface area contributed by atoms with Crippen molar-refractivity contribution < 1.29 is 4.74 Å². The second kappa shape index (κ2) is 5.50. The SMILES string of the molecule is CC(C)(C)CC(C)(C)NCC1CCCOC1. The Morgan fingerprint density at radius 1 is 1.19 bits per heavy atom. The van der Waals surface area contributed by atoms with Crippen molar-refractivity contribution in [2.45, 2.75) is 59.4 Å². The van der Waals surface area contributed by atoms with Crippen molar-refractivity contribution in [1.29, 1.82) is 0 Å². The van der Waals surface area contributed by atoms with E-state index >= 15 is 0 Å². The van der Waals surface area contributed by atoms with E-state index in [0.717, 1.165) is 19.8 Å². The zero-order valence-electron chi connectivity index (χ0n) is 11.7. The molecule has 0 bridgehead atoms. The Balaban J connectivity index is 2.29. The molecule has 0 aromatic heterocycles. The summed E-state index contributed by atoms with van der Waals surface area (Å²) in [5.41, 5.74) is 0.620. The van der Waals surface area contributed by atoms with Gasteiger partial charge in [-0.1, -0.05) is 20.8 Å². The van der Waals surface area contributed by atoms with Crippen LogP contribution in [0.2, 0.25) is 0 Å². The number of rotatable bonds is 4. The molecule has 0 amide bonds. The number of ether oxygens (including phenoxy) is 1. The minimum absolute atomic E-state index is 0.232. The van der Waals surface area contributed by atoms with Crippen LogP contribution in [0.3, 0.4) is 0 Å². The monoisotopic (exact) mass is 227 g/mol. The van der Waals surface area contributed by atoms with Gasteiger partial charge in [-0.05, 0) is 44.4 Å². The molecular weight excluding hydrogens is 198 g/mol. The molecule has 1 saturated heterocycles. The lowest BCUT2D eigenvalue weighted by Crippen LogP contribution is -2.45. The average Bonchev–Trinajstić information content (AvgIpc) is 2.13. The summed E-state index contributed by atoms with van der Waals surface area (Å²) < 4.78 is 5.51. The zero-order chi connectivity index (χ0) is 12.2. The Labute approximate surface area is 101 Å². The van der Waals surface area contributed by atoms with E-state index in [1.165, 1.54) is 19.3 Å². The topological polar surface area (TPSA) is 21.3 Å². The van der Waals surface area contributed by atoms with E-state index in [0.29, 0.717) is 11.3 Å². The van der Waals surface area contributed by atoms with E-state index in [9.17, 15) is 0 Å². The van der Waals surface area contributed by atoms with Crippen molar-refractivity contribution in [3.8, 4) is 0 Å². The third-order valence-corrected chi connectivity index (χ3v) is 3.10. The summed E-state index contributed by atoms with van der Waals surface area (Å²) in [7, 11) is 0. The van der Waals surface area contributed by atoms with Crippen LogP contribution in [0.25, 0.3) is 0 Å². The van der Waals surface area contributed by atoms with Crippen LogP contribution in [0, 0.1) is 11.3 Å². The van der Waals surface area contributed by atoms with Gasteiger partial charge < -0.3 is 10.1 Å². The van der Waals surface area contributed by atoms with Crippen LogP contribution in [0.1, 0.15) is 53.9 Å². The van der Waals surface area contributed by atoms with Crippen molar-refractivity contribution in [3.63, 3.8) is 0 Å². The van der Waals surface area contributed by atoms with Crippen molar-refractivity contribution in [3.05, 3.63) is 0 Å². The van der Waals surface area contributed by atoms with Crippen LogP contribution in [0.5, 0.6) is 0 Å². The van der Waals surface area contributed by atoms with Gasteiger partial charge in [-0.15, -0.1) is 0 Å². The predicted octanol–water partition coefficient (Wildman–Crippen LogP) is 3.22. The van der Waals surface area contributed by atoms with Gasteiger partial charge in [0.05, 0.1) is 6.61 Å². The van der Waals surface area contributed by atoms with E-state index in [-0.39, 0.29) is 5.54 Å². The molecule has 0 spiro atoms. The lowest BCUT2D eigenvalue weighted by atomic mass is 9.81. The number of hydrogen-bond acceptors (Lipinski definition) is 2. The molecule has 0 saturated carbocycles. The summed E-state index contributed by atoms with van der Waals surface area (Å²) >= 11 is 0. The largest absolute Gasteiger partial charge is 0.381 e. The first-order valence-corrected chi connectivity index (χ1v) is 6.61. The van der Waals surface area contributed by atoms with E-state index in [1.54, 1.807) is 0 Å². The van der Waals surface area contributed by atoms with Gasteiger partial charge in [0, 0.05) is 18.7 Å². The molecule has 1 rings (SSSR count). The highest BCUT2D eigenvalue weighted by molar-refractivity contribution is 4.84. The molecule has 96 valence electrons. The maximum atomic E-state index is 5.51. The molecule has 0 radical (unpaired) electrons. The van der Waals surface area contributed by atoms with Crippen LogP contribution in [-0.4, -0.2) is 25.3 Å². The highest BCUT2D eigenvalue weighted by atomic mass is 16.5. The van der Waals surface area contributed by atoms with Gasteiger partial charge in [-0.25, -0.2) is 0 Å². The van der Waals surface area contributed by atoms with Gasteiger partial charge in [0.2, 0.25) is 0 Å². The van der Waals surface area contributed by atoms with Gasteiger partial charge in [0.25, 0.3) is 0 Å². The molecular formula is C14H29NO. The molecule has 2 nitrogen and oxygen atoms in total. The first kappa shape index (κ1) is 14.0. The van der Waals surface area contributed by atoms with Crippen molar-refractivity contribution in [2.75, 3.05) is 19.8 Å². The molecule has 1 fully saturated rings. The molecule has 1 aliphatic rings.